The average molecular weight is 159 g/mol. The summed E-state index contributed by atoms with van der Waals surface area (Å²) in [5.41, 5.74) is 0. The van der Waals surface area contributed by atoms with Crippen molar-refractivity contribution in [3.8, 4) is 0 Å². The minimum atomic E-state index is -0.561. The molecule has 2 saturated heterocycles. The van der Waals surface area contributed by atoms with Crippen LogP contribution in [0.1, 0.15) is 19.3 Å². The number of hydrogen-bond donors (Lipinski definition) is 3. The van der Waals surface area contributed by atoms with E-state index >= 15 is 0 Å². The standard InChI is InChI=1S/C7H13NO3/c9-5-2-1-4-3-6(10)7(5)8(4)11/h4-7,9-11H,1-3H2/t4-,5+,6+,7+/m0/s1. The molecular weight excluding hydrogens is 146 g/mol. The number of nitrogens with zero attached hydrogens (tertiary/aromatic N) is 1. The minimum Gasteiger partial charge on any atom is -0.391 e. The van der Waals surface area contributed by atoms with E-state index in [1.165, 1.54) is 0 Å². The van der Waals surface area contributed by atoms with Crippen molar-refractivity contribution in [3.63, 3.8) is 0 Å². The zero-order valence-electron chi connectivity index (χ0n) is 6.22. The van der Waals surface area contributed by atoms with Gasteiger partial charge < -0.3 is 15.4 Å². The third-order valence-electron chi connectivity index (χ3n) is 2.78. The Balaban J connectivity index is 2.18. The van der Waals surface area contributed by atoms with Gasteiger partial charge in [-0.15, -0.1) is 0 Å². The summed E-state index contributed by atoms with van der Waals surface area (Å²) in [6.45, 7) is 0. The van der Waals surface area contributed by atoms with Crippen LogP contribution >= 0.6 is 0 Å². The summed E-state index contributed by atoms with van der Waals surface area (Å²) in [5.74, 6) is 0. The molecule has 0 aromatic rings. The number of rotatable bonds is 0. The fourth-order valence-electron chi connectivity index (χ4n) is 2.16. The van der Waals surface area contributed by atoms with Gasteiger partial charge in [-0.3, -0.25) is 0 Å². The van der Waals surface area contributed by atoms with E-state index in [0.717, 1.165) is 11.5 Å². The van der Waals surface area contributed by atoms with Gasteiger partial charge in [0.15, 0.2) is 0 Å². The smallest absolute Gasteiger partial charge is 0.0871 e. The molecule has 2 aliphatic heterocycles. The molecule has 2 aliphatic rings. The molecule has 2 heterocycles. The highest BCUT2D eigenvalue weighted by Crippen LogP contribution is 2.34. The quantitative estimate of drug-likeness (QED) is 0.439. The minimum absolute atomic E-state index is 0.0680. The Morgan fingerprint density at radius 2 is 1.82 bits per heavy atom. The number of hydrogen-bond acceptors (Lipinski definition) is 4. The van der Waals surface area contributed by atoms with Gasteiger partial charge in [-0.05, 0) is 19.3 Å². The highest BCUT2D eigenvalue weighted by molar-refractivity contribution is 4.98. The van der Waals surface area contributed by atoms with Gasteiger partial charge in [0.2, 0.25) is 0 Å². The molecule has 0 unspecified atom stereocenters. The van der Waals surface area contributed by atoms with Crippen molar-refractivity contribution in [2.45, 2.75) is 43.6 Å². The highest BCUT2D eigenvalue weighted by atomic mass is 16.5. The second kappa shape index (κ2) is 2.42. The van der Waals surface area contributed by atoms with Gasteiger partial charge >= 0.3 is 0 Å². The van der Waals surface area contributed by atoms with Gasteiger partial charge in [0.05, 0.1) is 18.2 Å². The summed E-state index contributed by atoms with van der Waals surface area (Å²) in [5, 5.41) is 29.2. The third-order valence-corrected chi connectivity index (χ3v) is 2.78. The molecule has 2 rings (SSSR count). The van der Waals surface area contributed by atoms with Crippen molar-refractivity contribution in [2.24, 2.45) is 0 Å². The number of piperidine rings is 1. The molecule has 11 heavy (non-hydrogen) atoms. The van der Waals surface area contributed by atoms with E-state index in [4.69, 9.17) is 0 Å². The van der Waals surface area contributed by atoms with E-state index in [1.807, 2.05) is 0 Å². The molecule has 64 valence electrons. The first-order valence-corrected chi connectivity index (χ1v) is 4.03. The van der Waals surface area contributed by atoms with Crippen LogP contribution in [0.25, 0.3) is 0 Å². The fourth-order valence-corrected chi connectivity index (χ4v) is 2.16. The summed E-state index contributed by atoms with van der Waals surface area (Å²) in [6, 6.07) is -0.368. The molecule has 2 fully saturated rings. The highest BCUT2D eigenvalue weighted by Gasteiger charge is 2.47. The summed E-state index contributed by atoms with van der Waals surface area (Å²) in [6.07, 6.45) is 0.962. The molecular formula is C7H13NO3. The fraction of sp³-hybridized carbons (Fsp3) is 1.00. The first kappa shape index (κ1) is 7.49. The first-order chi connectivity index (χ1) is 5.20. The number of aliphatic hydroxyl groups is 2. The zero-order valence-corrected chi connectivity index (χ0v) is 6.22. The first-order valence-electron chi connectivity index (χ1n) is 4.03. The summed E-state index contributed by atoms with van der Waals surface area (Å²) in [4.78, 5) is 0. The number of aliphatic hydroxyl groups excluding tert-OH is 2. The molecule has 4 heteroatoms. The predicted molar refractivity (Wildman–Crippen MR) is 37.1 cm³/mol. The lowest BCUT2D eigenvalue weighted by atomic mass is 10.0. The Morgan fingerprint density at radius 1 is 1.09 bits per heavy atom. The Kier molecular flexibility index (Phi) is 1.64. The maximum absolute atomic E-state index is 9.38. The van der Waals surface area contributed by atoms with Crippen molar-refractivity contribution in [1.82, 2.24) is 5.06 Å². The van der Waals surface area contributed by atoms with Crippen LogP contribution < -0.4 is 0 Å². The van der Waals surface area contributed by atoms with E-state index in [1.54, 1.807) is 0 Å². The van der Waals surface area contributed by atoms with Crippen molar-refractivity contribution in [3.05, 3.63) is 0 Å². The molecule has 3 N–H and O–H groups in total. The van der Waals surface area contributed by atoms with Crippen LogP contribution in [0.4, 0.5) is 0 Å². The van der Waals surface area contributed by atoms with E-state index < -0.39 is 18.2 Å². The molecule has 0 saturated carbocycles. The van der Waals surface area contributed by atoms with Crippen LogP contribution in [-0.2, 0) is 0 Å². The van der Waals surface area contributed by atoms with Gasteiger partial charge in [0.25, 0.3) is 0 Å². The van der Waals surface area contributed by atoms with Crippen LogP contribution in [0.15, 0.2) is 0 Å². The van der Waals surface area contributed by atoms with E-state index in [-0.39, 0.29) is 6.04 Å². The largest absolute Gasteiger partial charge is 0.391 e. The van der Waals surface area contributed by atoms with Crippen molar-refractivity contribution >= 4 is 0 Å². The van der Waals surface area contributed by atoms with Crippen molar-refractivity contribution in [1.29, 1.82) is 0 Å². The SMILES string of the molecule is O[C@@H]1CC[C@H]2C[C@@H](O)[C@@H]1N2O. The monoisotopic (exact) mass is 159 g/mol. The number of fused-ring (bicyclic) bond motifs is 2. The molecule has 4 nitrogen and oxygen atoms in total. The predicted octanol–water partition coefficient (Wildman–Crippen LogP) is -0.666. The van der Waals surface area contributed by atoms with Gasteiger partial charge in [-0.2, -0.15) is 5.06 Å². The Hall–Kier alpha value is -0.160. The van der Waals surface area contributed by atoms with Crippen molar-refractivity contribution < 1.29 is 15.4 Å². The molecule has 0 radical (unpaired) electrons. The molecule has 4 atom stereocenters. The van der Waals surface area contributed by atoms with Crippen LogP contribution in [0, 0.1) is 0 Å². The van der Waals surface area contributed by atoms with Gasteiger partial charge in [0, 0.05) is 6.04 Å². The van der Waals surface area contributed by atoms with E-state index in [0.29, 0.717) is 12.8 Å². The zero-order chi connectivity index (χ0) is 8.01. The van der Waals surface area contributed by atoms with Crippen LogP contribution in [-0.4, -0.2) is 44.8 Å². The van der Waals surface area contributed by atoms with Crippen LogP contribution in [0.3, 0.4) is 0 Å². The molecule has 0 amide bonds. The molecule has 0 aliphatic carbocycles. The van der Waals surface area contributed by atoms with Gasteiger partial charge in [0.1, 0.15) is 0 Å². The Morgan fingerprint density at radius 3 is 2.45 bits per heavy atom. The lowest BCUT2D eigenvalue weighted by Crippen LogP contribution is -2.48. The van der Waals surface area contributed by atoms with E-state index in [9.17, 15) is 15.4 Å². The molecule has 0 aromatic heterocycles. The summed E-state index contributed by atoms with van der Waals surface area (Å²) in [7, 11) is 0. The van der Waals surface area contributed by atoms with Crippen molar-refractivity contribution in [2.75, 3.05) is 0 Å². The maximum Gasteiger partial charge on any atom is 0.0871 e. The maximum atomic E-state index is 9.38. The van der Waals surface area contributed by atoms with E-state index in [2.05, 4.69) is 0 Å². The second-order valence-electron chi connectivity index (χ2n) is 3.47. The van der Waals surface area contributed by atoms with Gasteiger partial charge in [-0.25, -0.2) is 0 Å². The molecule has 0 aromatic carbocycles. The summed E-state index contributed by atoms with van der Waals surface area (Å²) < 4.78 is 0. The van der Waals surface area contributed by atoms with Crippen LogP contribution in [0.2, 0.25) is 0 Å². The average Bonchev–Trinajstić information content (AvgIpc) is 2.11. The molecule has 0 spiro atoms. The lowest BCUT2D eigenvalue weighted by molar-refractivity contribution is -0.188. The normalized spacial score (nSPS) is 51.5. The topological polar surface area (TPSA) is 63.9 Å². The summed E-state index contributed by atoms with van der Waals surface area (Å²) >= 11 is 0. The Labute approximate surface area is 65.0 Å². The number of hydroxylamine groups is 2. The third kappa shape index (κ3) is 0.980. The Bertz CT molecular complexity index is 160. The second-order valence-corrected chi connectivity index (χ2v) is 3.47. The van der Waals surface area contributed by atoms with Gasteiger partial charge in [-0.1, -0.05) is 0 Å². The van der Waals surface area contributed by atoms with Crippen LogP contribution in [0.5, 0.6) is 0 Å². The molecule has 2 bridgehead atoms. The lowest BCUT2D eigenvalue weighted by Gasteiger charge is -2.32.